The van der Waals surface area contributed by atoms with Crippen molar-refractivity contribution in [2.45, 2.75) is 11.8 Å². The van der Waals surface area contributed by atoms with Gasteiger partial charge >= 0.3 is 10.1 Å². The van der Waals surface area contributed by atoms with Gasteiger partial charge in [-0.25, -0.2) is 5.48 Å². The molecule has 1 amide bonds. The lowest BCUT2D eigenvalue weighted by molar-refractivity contribution is 0.0770. The van der Waals surface area contributed by atoms with Gasteiger partial charge in [-0.05, 0) is 31.2 Å². The zero-order valence-corrected chi connectivity index (χ0v) is 11.6. The van der Waals surface area contributed by atoms with Crippen LogP contribution in [-0.2, 0) is 14.4 Å². The van der Waals surface area contributed by atoms with Crippen LogP contribution in [0, 0.1) is 6.92 Å². The van der Waals surface area contributed by atoms with Gasteiger partial charge in [0.25, 0.3) is 5.91 Å². The molecule has 0 radical (unpaired) electrons. The molecule has 0 unspecified atom stereocenters. The minimum Gasteiger partial charge on any atom is -0.267 e. The lowest BCUT2D eigenvalue weighted by atomic mass is 10.2. The van der Waals surface area contributed by atoms with Crippen LogP contribution in [0.4, 0.5) is 0 Å². The van der Waals surface area contributed by atoms with Crippen molar-refractivity contribution in [2.75, 3.05) is 0 Å². The highest BCUT2D eigenvalue weighted by molar-refractivity contribution is 7.86. The molecule has 0 bridgehead atoms. The van der Waals surface area contributed by atoms with Crippen LogP contribution in [0.25, 0.3) is 0 Å². The summed E-state index contributed by atoms with van der Waals surface area (Å²) in [7, 11) is -4.01. The van der Waals surface area contributed by atoms with Crippen LogP contribution in [0.1, 0.15) is 15.9 Å². The third kappa shape index (κ3) is 3.43. The number of hydroxylamine groups is 1. The molecule has 0 aliphatic rings. The van der Waals surface area contributed by atoms with Crippen molar-refractivity contribution in [3.05, 3.63) is 65.7 Å². The zero-order valence-electron chi connectivity index (χ0n) is 10.7. The first kappa shape index (κ1) is 14.2. The van der Waals surface area contributed by atoms with E-state index in [9.17, 15) is 13.2 Å². The molecular formula is C14H13NO4S. The van der Waals surface area contributed by atoms with Crippen LogP contribution in [-0.4, -0.2) is 14.3 Å². The first-order valence-electron chi connectivity index (χ1n) is 5.84. The van der Waals surface area contributed by atoms with Gasteiger partial charge in [0.15, 0.2) is 0 Å². The lowest BCUT2D eigenvalue weighted by Crippen LogP contribution is -2.27. The minimum absolute atomic E-state index is 0.0172. The second-order valence-electron chi connectivity index (χ2n) is 4.15. The first-order chi connectivity index (χ1) is 9.49. The van der Waals surface area contributed by atoms with Gasteiger partial charge in [0.05, 0.1) is 4.90 Å². The van der Waals surface area contributed by atoms with Crippen molar-refractivity contribution in [3.63, 3.8) is 0 Å². The van der Waals surface area contributed by atoms with E-state index in [4.69, 9.17) is 0 Å². The standard InChI is InChI=1S/C14H13NO4S/c1-11-7-9-13(10-8-11)20(17,18)19-15-14(16)12-5-3-2-4-6-12/h2-10H,1H3,(H,15,16). The third-order valence-corrected chi connectivity index (χ3v) is 3.74. The maximum atomic E-state index is 11.8. The molecule has 0 atom stereocenters. The summed E-state index contributed by atoms with van der Waals surface area (Å²) in [6, 6.07) is 14.3. The fourth-order valence-corrected chi connectivity index (χ4v) is 2.25. The molecule has 5 nitrogen and oxygen atoms in total. The zero-order chi connectivity index (χ0) is 14.6. The Kier molecular flexibility index (Phi) is 4.16. The molecule has 2 aromatic rings. The fourth-order valence-electron chi connectivity index (χ4n) is 1.49. The number of carbonyl (C=O) groups is 1. The van der Waals surface area contributed by atoms with Crippen LogP contribution in [0.2, 0.25) is 0 Å². The molecule has 0 aliphatic heterocycles. The Labute approximate surface area is 117 Å². The molecule has 0 saturated carbocycles. The summed E-state index contributed by atoms with van der Waals surface area (Å²) >= 11 is 0. The molecule has 6 heteroatoms. The number of amides is 1. The minimum atomic E-state index is -4.01. The largest absolute Gasteiger partial charge is 0.317 e. The van der Waals surface area contributed by atoms with Crippen LogP contribution in [0.3, 0.4) is 0 Å². The van der Waals surface area contributed by atoms with Crippen molar-refractivity contribution in [1.82, 2.24) is 5.48 Å². The Bertz CT molecular complexity index is 694. The van der Waals surface area contributed by atoms with E-state index in [-0.39, 0.29) is 4.90 Å². The maximum Gasteiger partial charge on any atom is 0.317 e. The molecule has 0 heterocycles. The summed E-state index contributed by atoms with van der Waals surface area (Å²) in [5.74, 6) is -0.624. The number of hydrogen-bond acceptors (Lipinski definition) is 4. The molecule has 1 N–H and O–H groups in total. The van der Waals surface area contributed by atoms with E-state index in [1.165, 1.54) is 12.1 Å². The Hall–Kier alpha value is -2.18. The molecule has 104 valence electrons. The highest BCUT2D eigenvalue weighted by Gasteiger charge is 2.17. The Balaban J connectivity index is 2.06. The fraction of sp³-hybridized carbons (Fsp3) is 0.0714. The molecule has 0 aliphatic carbocycles. The molecule has 0 fully saturated rings. The predicted molar refractivity (Wildman–Crippen MR) is 73.4 cm³/mol. The molecule has 20 heavy (non-hydrogen) atoms. The number of benzene rings is 2. The number of carbonyl (C=O) groups excluding carboxylic acids is 1. The Morgan fingerprint density at radius 1 is 1.00 bits per heavy atom. The molecule has 0 aromatic heterocycles. The summed E-state index contributed by atoms with van der Waals surface area (Å²) < 4.78 is 28.2. The summed E-state index contributed by atoms with van der Waals surface area (Å²) in [6.45, 7) is 1.84. The second-order valence-corrected chi connectivity index (χ2v) is 5.69. The van der Waals surface area contributed by atoms with Crippen LogP contribution < -0.4 is 5.48 Å². The molecule has 0 spiro atoms. The summed E-state index contributed by atoms with van der Waals surface area (Å²) in [6.07, 6.45) is 0. The maximum absolute atomic E-state index is 11.8. The third-order valence-electron chi connectivity index (χ3n) is 2.59. The summed E-state index contributed by atoms with van der Waals surface area (Å²) in [5.41, 5.74) is 3.17. The molecule has 0 saturated heterocycles. The number of hydrogen-bond donors (Lipinski definition) is 1. The topological polar surface area (TPSA) is 72.5 Å². The summed E-state index contributed by atoms with van der Waals surface area (Å²) in [4.78, 5) is 11.7. The van der Waals surface area contributed by atoms with Gasteiger partial charge in [0, 0.05) is 5.56 Å². The van der Waals surface area contributed by atoms with E-state index < -0.39 is 16.0 Å². The van der Waals surface area contributed by atoms with Gasteiger partial charge in [0.2, 0.25) is 0 Å². The van der Waals surface area contributed by atoms with Gasteiger partial charge in [-0.15, -0.1) is 4.28 Å². The molecule has 2 aromatic carbocycles. The average Bonchev–Trinajstić information content (AvgIpc) is 2.46. The van der Waals surface area contributed by atoms with Crippen molar-refractivity contribution < 1.29 is 17.5 Å². The molecule has 2 rings (SSSR count). The monoisotopic (exact) mass is 291 g/mol. The lowest BCUT2D eigenvalue weighted by Gasteiger charge is -2.06. The van der Waals surface area contributed by atoms with E-state index in [1.807, 2.05) is 12.4 Å². The second kappa shape index (κ2) is 5.85. The van der Waals surface area contributed by atoms with Crippen molar-refractivity contribution in [2.24, 2.45) is 0 Å². The van der Waals surface area contributed by atoms with Gasteiger partial charge in [-0.1, -0.05) is 35.9 Å². The van der Waals surface area contributed by atoms with E-state index in [2.05, 4.69) is 4.28 Å². The van der Waals surface area contributed by atoms with Crippen molar-refractivity contribution >= 4 is 16.0 Å². The van der Waals surface area contributed by atoms with E-state index in [0.717, 1.165) is 5.56 Å². The van der Waals surface area contributed by atoms with Crippen LogP contribution >= 0.6 is 0 Å². The van der Waals surface area contributed by atoms with Gasteiger partial charge in [0.1, 0.15) is 0 Å². The van der Waals surface area contributed by atoms with Crippen LogP contribution in [0.15, 0.2) is 59.5 Å². The van der Waals surface area contributed by atoms with Crippen molar-refractivity contribution in [1.29, 1.82) is 0 Å². The van der Waals surface area contributed by atoms with Crippen LogP contribution in [0.5, 0.6) is 0 Å². The quantitative estimate of drug-likeness (QED) is 0.875. The van der Waals surface area contributed by atoms with E-state index >= 15 is 0 Å². The van der Waals surface area contributed by atoms with E-state index in [1.54, 1.807) is 42.5 Å². The van der Waals surface area contributed by atoms with Gasteiger partial charge < -0.3 is 0 Å². The normalized spacial score (nSPS) is 11.1. The highest BCUT2D eigenvalue weighted by Crippen LogP contribution is 2.12. The number of nitrogens with one attached hydrogen (secondary N) is 1. The number of aryl methyl sites for hydroxylation is 1. The predicted octanol–water partition coefficient (Wildman–Crippen LogP) is 2.05. The van der Waals surface area contributed by atoms with Gasteiger partial charge in [-0.2, -0.15) is 8.42 Å². The molecular weight excluding hydrogens is 278 g/mol. The average molecular weight is 291 g/mol. The summed E-state index contributed by atoms with van der Waals surface area (Å²) in [5, 5.41) is 0. The Morgan fingerprint density at radius 3 is 2.20 bits per heavy atom. The Morgan fingerprint density at radius 2 is 1.60 bits per heavy atom. The smallest absolute Gasteiger partial charge is 0.267 e. The first-order valence-corrected chi connectivity index (χ1v) is 7.25. The number of rotatable bonds is 4. The van der Waals surface area contributed by atoms with E-state index in [0.29, 0.717) is 5.56 Å². The van der Waals surface area contributed by atoms with Gasteiger partial charge in [-0.3, -0.25) is 4.79 Å². The van der Waals surface area contributed by atoms with Crippen molar-refractivity contribution in [3.8, 4) is 0 Å². The SMILES string of the molecule is Cc1ccc(S(=O)(=O)ONC(=O)c2ccccc2)cc1. The highest BCUT2D eigenvalue weighted by atomic mass is 32.2.